The highest BCUT2D eigenvalue weighted by molar-refractivity contribution is 5.95. The van der Waals surface area contributed by atoms with Crippen molar-refractivity contribution < 1.29 is 4.79 Å². The third kappa shape index (κ3) is 3.00. The van der Waals surface area contributed by atoms with E-state index in [0.29, 0.717) is 12.6 Å². The minimum absolute atomic E-state index is 0.263. The summed E-state index contributed by atoms with van der Waals surface area (Å²) < 4.78 is 0. The fraction of sp³-hybridized carbons (Fsp3) is 0.476. The number of amides is 1. The van der Waals surface area contributed by atoms with Crippen LogP contribution >= 0.6 is 0 Å². The summed E-state index contributed by atoms with van der Waals surface area (Å²) in [5.41, 5.74) is 1.05. The summed E-state index contributed by atoms with van der Waals surface area (Å²) in [4.78, 5) is 15.0. The van der Waals surface area contributed by atoms with Gasteiger partial charge < -0.3 is 10.2 Å². The van der Waals surface area contributed by atoms with E-state index in [0.717, 1.165) is 18.2 Å². The zero-order chi connectivity index (χ0) is 16.4. The molecule has 2 atom stereocenters. The van der Waals surface area contributed by atoms with Crippen LogP contribution in [0.2, 0.25) is 0 Å². The summed E-state index contributed by atoms with van der Waals surface area (Å²) in [6.07, 6.45) is 7.61. The molecular formula is C21H26N2O. The summed E-state index contributed by atoms with van der Waals surface area (Å²) in [6, 6.07) is 15.0. The second-order valence-corrected chi connectivity index (χ2v) is 7.22. The maximum atomic E-state index is 12.8. The van der Waals surface area contributed by atoms with Crippen molar-refractivity contribution in [3.8, 4) is 0 Å². The maximum Gasteiger partial charge on any atom is 0.242 e. The first-order valence-corrected chi connectivity index (χ1v) is 9.34. The van der Waals surface area contributed by atoms with E-state index >= 15 is 0 Å². The van der Waals surface area contributed by atoms with Gasteiger partial charge in [-0.05, 0) is 43.1 Å². The van der Waals surface area contributed by atoms with Crippen molar-refractivity contribution in [1.29, 1.82) is 0 Å². The molecule has 2 aliphatic rings. The Labute approximate surface area is 144 Å². The summed E-state index contributed by atoms with van der Waals surface area (Å²) in [5, 5.41) is 5.78. The van der Waals surface area contributed by atoms with Crippen LogP contribution in [-0.4, -0.2) is 29.9 Å². The number of anilines is 1. The molecule has 0 radical (unpaired) electrons. The van der Waals surface area contributed by atoms with Gasteiger partial charge in [0, 0.05) is 23.7 Å². The first-order chi connectivity index (χ1) is 11.8. The van der Waals surface area contributed by atoms with E-state index < -0.39 is 0 Å². The molecule has 2 fully saturated rings. The van der Waals surface area contributed by atoms with Gasteiger partial charge in [0.25, 0.3) is 0 Å². The first-order valence-electron chi connectivity index (χ1n) is 9.34. The number of hydrogen-bond acceptors (Lipinski definition) is 2. The second-order valence-electron chi connectivity index (χ2n) is 7.22. The summed E-state index contributed by atoms with van der Waals surface area (Å²) in [6.45, 7) is 1.34. The maximum absolute atomic E-state index is 12.8. The van der Waals surface area contributed by atoms with Gasteiger partial charge >= 0.3 is 0 Å². The molecule has 0 spiro atoms. The van der Waals surface area contributed by atoms with Gasteiger partial charge in [0.2, 0.25) is 5.91 Å². The average molecular weight is 322 g/mol. The molecule has 24 heavy (non-hydrogen) atoms. The molecule has 126 valence electrons. The molecule has 3 heteroatoms. The lowest BCUT2D eigenvalue weighted by molar-refractivity contribution is -0.135. The number of fused-ring (bicyclic) bond motifs is 2. The smallest absolute Gasteiger partial charge is 0.242 e. The Hall–Kier alpha value is -2.03. The number of carbonyl (C=O) groups is 1. The standard InChI is InChI=1S/C21H26N2O/c24-21(23-14-6-10-17-8-2-4-13-20(17)23)15-22-19-12-5-9-16-7-1-3-11-18(16)19/h1,3,5,7,9,11-12,17,20,22H,2,4,6,8,10,13-15H2. The summed E-state index contributed by atoms with van der Waals surface area (Å²) in [7, 11) is 0. The lowest BCUT2D eigenvalue weighted by Gasteiger charge is -2.44. The van der Waals surface area contributed by atoms with Gasteiger partial charge in [-0.3, -0.25) is 4.79 Å². The SMILES string of the molecule is O=C(CNc1cccc2ccccc12)N1CCCC2CCCCC21. The van der Waals surface area contributed by atoms with E-state index in [1.807, 2.05) is 18.2 Å². The zero-order valence-electron chi connectivity index (χ0n) is 14.2. The highest BCUT2D eigenvalue weighted by Crippen LogP contribution is 2.35. The van der Waals surface area contributed by atoms with Crippen LogP contribution in [0, 0.1) is 5.92 Å². The Bertz CT molecular complexity index is 719. The number of likely N-dealkylation sites (tertiary alicyclic amines) is 1. The van der Waals surface area contributed by atoms with Crippen LogP contribution in [0.4, 0.5) is 5.69 Å². The Kier molecular flexibility index (Phi) is 4.42. The average Bonchev–Trinajstić information content (AvgIpc) is 2.65. The summed E-state index contributed by atoms with van der Waals surface area (Å²) >= 11 is 0. The van der Waals surface area contributed by atoms with Gasteiger partial charge in [-0.2, -0.15) is 0 Å². The predicted octanol–water partition coefficient (Wildman–Crippen LogP) is 4.43. The molecule has 1 aliphatic carbocycles. The van der Waals surface area contributed by atoms with Crippen LogP contribution in [0.1, 0.15) is 38.5 Å². The number of carbonyl (C=O) groups excluding carboxylic acids is 1. The first kappa shape index (κ1) is 15.5. The van der Waals surface area contributed by atoms with Crippen molar-refractivity contribution in [2.45, 2.75) is 44.6 Å². The fourth-order valence-electron chi connectivity index (χ4n) is 4.59. The molecule has 0 bridgehead atoms. The number of nitrogens with zero attached hydrogens (tertiary/aromatic N) is 1. The number of hydrogen-bond donors (Lipinski definition) is 1. The molecule has 1 heterocycles. The number of benzene rings is 2. The zero-order valence-corrected chi connectivity index (χ0v) is 14.2. The number of piperidine rings is 1. The van der Waals surface area contributed by atoms with E-state index in [1.165, 1.54) is 49.3 Å². The minimum atomic E-state index is 0.263. The molecule has 4 rings (SSSR count). The number of nitrogens with one attached hydrogen (secondary N) is 1. The Morgan fingerprint density at radius 3 is 2.75 bits per heavy atom. The van der Waals surface area contributed by atoms with Crippen molar-refractivity contribution in [2.75, 3.05) is 18.4 Å². The van der Waals surface area contributed by atoms with Gasteiger partial charge in [-0.1, -0.05) is 49.2 Å². The normalized spacial score (nSPS) is 23.8. The quantitative estimate of drug-likeness (QED) is 0.906. The lowest BCUT2D eigenvalue weighted by Crippen LogP contribution is -2.51. The predicted molar refractivity (Wildman–Crippen MR) is 99.1 cm³/mol. The third-order valence-corrected chi connectivity index (χ3v) is 5.78. The van der Waals surface area contributed by atoms with Gasteiger partial charge in [-0.15, -0.1) is 0 Å². The topological polar surface area (TPSA) is 32.3 Å². The van der Waals surface area contributed by atoms with Gasteiger partial charge in [0.1, 0.15) is 0 Å². The molecule has 2 aromatic carbocycles. The van der Waals surface area contributed by atoms with Crippen molar-refractivity contribution in [3.63, 3.8) is 0 Å². The van der Waals surface area contributed by atoms with E-state index in [-0.39, 0.29) is 5.91 Å². The third-order valence-electron chi connectivity index (χ3n) is 5.78. The molecule has 1 saturated heterocycles. The Balaban J connectivity index is 1.46. The van der Waals surface area contributed by atoms with Gasteiger partial charge in [-0.25, -0.2) is 0 Å². The molecule has 1 saturated carbocycles. The number of rotatable bonds is 3. The van der Waals surface area contributed by atoms with Crippen LogP contribution in [0.15, 0.2) is 42.5 Å². The van der Waals surface area contributed by atoms with Gasteiger partial charge in [0.15, 0.2) is 0 Å². The van der Waals surface area contributed by atoms with Crippen LogP contribution in [0.5, 0.6) is 0 Å². The van der Waals surface area contributed by atoms with E-state index in [2.05, 4.69) is 34.5 Å². The highest BCUT2D eigenvalue weighted by Gasteiger charge is 2.35. The molecule has 1 N–H and O–H groups in total. The largest absolute Gasteiger partial charge is 0.376 e. The lowest BCUT2D eigenvalue weighted by atomic mass is 9.78. The highest BCUT2D eigenvalue weighted by atomic mass is 16.2. The van der Waals surface area contributed by atoms with Gasteiger partial charge in [0.05, 0.1) is 6.54 Å². The fourth-order valence-corrected chi connectivity index (χ4v) is 4.59. The molecule has 2 unspecified atom stereocenters. The molecule has 2 aromatic rings. The Morgan fingerprint density at radius 1 is 1.00 bits per heavy atom. The molecule has 1 aliphatic heterocycles. The van der Waals surface area contributed by atoms with E-state index in [1.54, 1.807) is 0 Å². The Morgan fingerprint density at radius 2 is 1.79 bits per heavy atom. The summed E-state index contributed by atoms with van der Waals surface area (Å²) in [5.74, 6) is 1.01. The molecule has 3 nitrogen and oxygen atoms in total. The molecule has 1 amide bonds. The molecular weight excluding hydrogens is 296 g/mol. The van der Waals surface area contributed by atoms with Crippen LogP contribution in [0.3, 0.4) is 0 Å². The van der Waals surface area contributed by atoms with Crippen molar-refractivity contribution in [2.24, 2.45) is 5.92 Å². The monoisotopic (exact) mass is 322 g/mol. The van der Waals surface area contributed by atoms with Crippen molar-refractivity contribution in [1.82, 2.24) is 4.90 Å². The van der Waals surface area contributed by atoms with Crippen LogP contribution in [-0.2, 0) is 4.79 Å². The second kappa shape index (κ2) is 6.84. The molecule has 0 aromatic heterocycles. The minimum Gasteiger partial charge on any atom is -0.376 e. The van der Waals surface area contributed by atoms with Crippen molar-refractivity contribution >= 4 is 22.4 Å². The van der Waals surface area contributed by atoms with Crippen LogP contribution in [0.25, 0.3) is 10.8 Å². The van der Waals surface area contributed by atoms with Crippen molar-refractivity contribution in [3.05, 3.63) is 42.5 Å². The van der Waals surface area contributed by atoms with E-state index in [9.17, 15) is 4.79 Å². The van der Waals surface area contributed by atoms with E-state index in [4.69, 9.17) is 0 Å². The van der Waals surface area contributed by atoms with Crippen LogP contribution < -0.4 is 5.32 Å².